The summed E-state index contributed by atoms with van der Waals surface area (Å²) in [6.07, 6.45) is 0.0302. The van der Waals surface area contributed by atoms with Gasteiger partial charge in [-0.05, 0) is 37.6 Å². The highest BCUT2D eigenvalue weighted by molar-refractivity contribution is 5.97. The van der Waals surface area contributed by atoms with Crippen LogP contribution in [-0.2, 0) is 16.1 Å². The van der Waals surface area contributed by atoms with Gasteiger partial charge in [0, 0.05) is 24.9 Å². The SMILES string of the molecule is Cc1ccc2c(c1)N(C(=O)CCC(=O)NCc1ccccc1F)C[C@H](C)O2. The van der Waals surface area contributed by atoms with E-state index in [1.165, 1.54) is 6.07 Å². The lowest BCUT2D eigenvalue weighted by Gasteiger charge is -2.33. The van der Waals surface area contributed by atoms with E-state index < -0.39 is 0 Å². The fourth-order valence-corrected chi connectivity index (χ4v) is 3.06. The zero-order valence-electron chi connectivity index (χ0n) is 15.5. The molecule has 0 fully saturated rings. The quantitative estimate of drug-likeness (QED) is 0.878. The number of hydrogen-bond donors (Lipinski definition) is 1. The monoisotopic (exact) mass is 370 g/mol. The van der Waals surface area contributed by atoms with E-state index in [1.54, 1.807) is 23.1 Å². The maximum Gasteiger partial charge on any atom is 0.227 e. The molecule has 142 valence electrons. The summed E-state index contributed by atoms with van der Waals surface area (Å²) in [5.41, 5.74) is 2.20. The Hall–Kier alpha value is -2.89. The molecule has 1 aliphatic heterocycles. The van der Waals surface area contributed by atoms with Crippen LogP contribution in [0, 0.1) is 12.7 Å². The van der Waals surface area contributed by atoms with Crippen LogP contribution >= 0.6 is 0 Å². The number of carbonyl (C=O) groups excluding carboxylic acids is 2. The molecule has 3 rings (SSSR count). The number of carbonyl (C=O) groups is 2. The lowest BCUT2D eigenvalue weighted by molar-refractivity contribution is -0.125. The third-order valence-corrected chi connectivity index (χ3v) is 4.47. The van der Waals surface area contributed by atoms with Crippen molar-refractivity contribution in [3.05, 3.63) is 59.4 Å². The molecule has 1 N–H and O–H groups in total. The van der Waals surface area contributed by atoms with Crippen molar-refractivity contribution in [1.29, 1.82) is 0 Å². The van der Waals surface area contributed by atoms with E-state index in [0.29, 0.717) is 17.9 Å². The standard InChI is InChI=1S/C21H23FN2O3/c1-14-7-8-19-18(11-14)24(13-15(2)27-19)21(26)10-9-20(25)23-12-16-5-3-4-6-17(16)22/h3-8,11,15H,9-10,12-13H2,1-2H3,(H,23,25)/t15-/m0/s1. The highest BCUT2D eigenvalue weighted by atomic mass is 19.1. The van der Waals surface area contributed by atoms with Crippen molar-refractivity contribution in [3.63, 3.8) is 0 Å². The van der Waals surface area contributed by atoms with Crippen LogP contribution in [0.4, 0.5) is 10.1 Å². The largest absolute Gasteiger partial charge is 0.487 e. The van der Waals surface area contributed by atoms with Gasteiger partial charge in [-0.25, -0.2) is 4.39 Å². The van der Waals surface area contributed by atoms with Crippen LogP contribution in [0.3, 0.4) is 0 Å². The Balaban J connectivity index is 1.57. The first-order valence-corrected chi connectivity index (χ1v) is 9.02. The van der Waals surface area contributed by atoms with Gasteiger partial charge in [0.25, 0.3) is 0 Å². The molecule has 0 bridgehead atoms. The maximum absolute atomic E-state index is 13.6. The van der Waals surface area contributed by atoms with E-state index in [9.17, 15) is 14.0 Å². The van der Waals surface area contributed by atoms with Gasteiger partial charge in [0.1, 0.15) is 17.7 Å². The van der Waals surface area contributed by atoms with Crippen LogP contribution in [0.2, 0.25) is 0 Å². The normalized spacial score (nSPS) is 15.7. The summed E-state index contributed by atoms with van der Waals surface area (Å²) in [6.45, 7) is 4.42. The fourth-order valence-electron chi connectivity index (χ4n) is 3.06. The molecule has 1 heterocycles. The Kier molecular flexibility index (Phi) is 5.74. The number of rotatable bonds is 5. The third-order valence-electron chi connectivity index (χ3n) is 4.47. The molecular weight excluding hydrogens is 347 g/mol. The minimum atomic E-state index is -0.358. The fraction of sp³-hybridized carbons (Fsp3) is 0.333. The number of fused-ring (bicyclic) bond motifs is 1. The van der Waals surface area contributed by atoms with Crippen molar-refractivity contribution in [3.8, 4) is 5.75 Å². The third kappa shape index (κ3) is 4.64. The van der Waals surface area contributed by atoms with Crippen molar-refractivity contribution >= 4 is 17.5 Å². The molecule has 27 heavy (non-hydrogen) atoms. The van der Waals surface area contributed by atoms with Crippen LogP contribution in [0.1, 0.15) is 30.9 Å². The second-order valence-electron chi connectivity index (χ2n) is 6.77. The van der Waals surface area contributed by atoms with Crippen LogP contribution in [0.25, 0.3) is 0 Å². The van der Waals surface area contributed by atoms with Crippen LogP contribution in [0.5, 0.6) is 5.75 Å². The molecule has 0 saturated carbocycles. The number of anilines is 1. The number of benzene rings is 2. The summed E-state index contributed by atoms with van der Waals surface area (Å²) >= 11 is 0. The smallest absolute Gasteiger partial charge is 0.227 e. The predicted octanol–water partition coefficient (Wildman–Crippen LogP) is 3.34. The van der Waals surface area contributed by atoms with Crippen molar-refractivity contribution in [1.82, 2.24) is 5.32 Å². The Morgan fingerprint density at radius 3 is 2.78 bits per heavy atom. The van der Waals surface area contributed by atoms with Crippen LogP contribution in [0.15, 0.2) is 42.5 Å². The van der Waals surface area contributed by atoms with Gasteiger partial charge in [-0.1, -0.05) is 24.3 Å². The van der Waals surface area contributed by atoms with Crippen molar-refractivity contribution in [2.24, 2.45) is 0 Å². The summed E-state index contributed by atoms with van der Waals surface area (Å²) in [6, 6.07) is 12.0. The number of ether oxygens (including phenoxy) is 1. The van der Waals surface area contributed by atoms with Gasteiger partial charge in [0.05, 0.1) is 12.2 Å². The first-order valence-electron chi connectivity index (χ1n) is 9.02. The van der Waals surface area contributed by atoms with E-state index >= 15 is 0 Å². The number of hydrogen-bond acceptors (Lipinski definition) is 3. The number of nitrogens with zero attached hydrogens (tertiary/aromatic N) is 1. The van der Waals surface area contributed by atoms with Gasteiger partial charge < -0.3 is 15.0 Å². The van der Waals surface area contributed by atoms with Gasteiger partial charge in [-0.3, -0.25) is 9.59 Å². The van der Waals surface area contributed by atoms with E-state index in [4.69, 9.17) is 4.74 Å². The minimum Gasteiger partial charge on any atom is -0.487 e. The van der Waals surface area contributed by atoms with Gasteiger partial charge in [0.2, 0.25) is 11.8 Å². The lowest BCUT2D eigenvalue weighted by atomic mass is 10.1. The predicted molar refractivity (Wildman–Crippen MR) is 101 cm³/mol. The molecule has 0 unspecified atom stereocenters. The number of halogens is 1. The van der Waals surface area contributed by atoms with Gasteiger partial charge in [-0.2, -0.15) is 0 Å². The molecular formula is C21H23FN2O3. The molecule has 0 radical (unpaired) electrons. The average molecular weight is 370 g/mol. The second-order valence-corrected chi connectivity index (χ2v) is 6.77. The van der Waals surface area contributed by atoms with E-state index in [2.05, 4.69) is 5.32 Å². The molecule has 0 saturated heterocycles. The Morgan fingerprint density at radius 1 is 1.22 bits per heavy atom. The summed E-state index contributed by atoms with van der Waals surface area (Å²) in [5, 5.41) is 2.66. The Labute approximate surface area is 158 Å². The zero-order valence-corrected chi connectivity index (χ0v) is 15.5. The van der Waals surface area contributed by atoms with Crippen molar-refractivity contribution in [2.75, 3.05) is 11.4 Å². The molecule has 0 aromatic heterocycles. The van der Waals surface area contributed by atoms with Gasteiger partial charge in [0.15, 0.2) is 0 Å². The van der Waals surface area contributed by atoms with Crippen LogP contribution in [-0.4, -0.2) is 24.5 Å². The average Bonchev–Trinajstić information content (AvgIpc) is 2.65. The molecule has 5 nitrogen and oxygen atoms in total. The van der Waals surface area contributed by atoms with E-state index in [1.807, 2.05) is 32.0 Å². The van der Waals surface area contributed by atoms with Gasteiger partial charge in [-0.15, -0.1) is 0 Å². The summed E-state index contributed by atoms with van der Waals surface area (Å²) in [5.74, 6) is -0.0877. The highest BCUT2D eigenvalue weighted by Crippen LogP contribution is 2.34. The van der Waals surface area contributed by atoms with Crippen molar-refractivity contribution in [2.45, 2.75) is 39.3 Å². The summed E-state index contributed by atoms with van der Waals surface area (Å²) < 4.78 is 19.4. The van der Waals surface area contributed by atoms with Crippen LogP contribution < -0.4 is 15.0 Å². The molecule has 1 aliphatic rings. The summed E-state index contributed by atoms with van der Waals surface area (Å²) in [4.78, 5) is 26.4. The number of nitrogens with one attached hydrogen (secondary N) is 1. The maximum atomic E-state index is 13.6. The topological polar surface area (TPSA) is 58.6 Å². The number of aryl methyl sites for hydroxylation is 1. The van der Waals surface area contributed by atoms with Gasteiger partial charge >= 0.3 is 0 Å². The molecule has 2 amide bonds. The molecule has 0 spiro atoms. The minimum absolute atomic E-state index is 0.0557. The number of amides is 2. The second kappa shape index (κ2) is 8.20. The van der Waals surface area contributed by atoms with E-state index in [-0.39, 0.29) is 43.1 Å². The molecule has 2 aromatic carbocycles. The zero-order chi connectivity index (χ0) is 19.4. The molecule has 0 aliphatic carbocycles. The Morgan fingerprint density at radius 2 is 2.00 bits per heavy atom. The first kappa shape index (κ1) is 18.9. The summed E-state index contributed by atoms with van der Waals surface area (Å²) in [7, 11) is 0. The van der Waals surface area contributed by atoms with E-state index in [0.717, 1.165) is 11.3 Å². The Bertz CT molecular complexity index is 853. The lowest BCUT2D eigenvalue weighted by Crippen LogP contribution is -2.42. The molecule has 1 atom stereocenters. The highest BCUT2D eigenvalue weighted by Gasteiger charge is 2.27. The molecule has 2 aromatic rings. The first-order chi connectivity index (χ1) is 12.9. The van der Waals surface area contributed by atoms with Crippen molar-refractivity contribution < 1.29 is 18.7 Å². The molecule has 6 heteroatoms.